The quantitative estimate of drug-likeness (QED) is 0.746. The van der Waals surface area contributed by atoms with Crippen molar-refractivity contribution in [2.75, 3.05) is 5.32 Å². The number of hydrogen-bond acceptors (Lipinski definition) is 5. The smallest absolute Gasteiger partial charge is 0.279 e. The summed E-state index contributed by atoms with van der Waals surface area (Å²) in [7, 11) is 0. The molecule has 2 aromatic carbocycles. The number of amides is 1. The lowest BCUT2D eigenvalue weighted by Crippen LogP contribution is -2.26. The van der Waals surface area contributed by atoms with Gasteiger partial charge in [-0.25, -0.2) is 9.38 Å². The summed E-state index contributed by atoms with van der Waals surface area (Å²) in [5.74, 6) is -0.958. The molecule has 1 aliphatic heterocycles. The van der Waals surface area contributed by atoms with Gasteiger partial charge < -0.3 is 10.4 Å². The fraction of sp³-hybridized carbons (Fsp3) is 0.105. The van der Waals surface area contributed by atoms with E-state index in [1.807, 2.05) is 26.0 Å². The lowest BCUT2D eigenvalue weighted by atomic mass is 10.1. The minimum atomic E-state index is -0.388. The van der Waals surface area contributed by atoms with Gasteiger partial charge in [0.2, 0.25) is 5.88 Å². The molecule has 1 aliphatic rings. The number of fused-ring (bicyclic) bond motifs is 1. The number of aromatic hydroxyl groups is 1. The molecular formula is C19H14FN3O2S. The van der Waals surface area contributed by atoms with E-state index in [0.29, 0.717) is 31.8 Å². The van der Waals surface area contributed by atoms with Crippen LogP contribution in [0.4, 0.5) is 15.2 Å². The summed E-state index contributed by atoms with van der Waals surface area (Å²) in [6.45, 7) is 3.85. The van der Waals surface area contributed by atoms with Crippen LogP contribution >= 0.6 is 11.3 Å². The van der Waals surface area contributed by atoms with Crippen molar-refractivity contribution in [2.24, 2.45) is 4.99 Å². The van der Waals surface area contributed by atoms with Gasteiger partial charge in [0, 0.05) is 10.9 Å². The standard InChI is InChI=1S/C19H14FN3O2S/c1-9-7-10(2)15-13(8-9)14(17(24)22-15)16-18(25)23-19(26-16)21-12-5-3-11(20)4-6-12/h3-8,25H,1-2H3,(H,21,23). The van der Waals surface area contributed by atoms with Gasteiger partial charge in [-0.05, 0) is 49.7 Å². The van der Waals surface area contributed by atoms with Gasteiger partial charge in [-0.2, -0.15) is 4.98 Å². The van der Waals surface area contributed by atoms with Crippen molar-refractivity contribution in [2.45, 2.75) is 13.8 Å². The molecule has 0 bridgehead atoms. The molecule has 0 saturated heterocycles. The van der Waals surface area contributed by atoms with Gasteiger partial charge in [0.15, 0.2) is 5.13 Å². The van der Waals surface area contributed by atoms with E-state index in [0.717, 1.165) is 22.5 Å². The van der Waals surface area contributed by atoms with Crippen molar-refractivity contribution in [3.05, 3.63) is 68.8 Å². The van der Waals surface area contributed by atoms with Gasteiger partial charge in [0.05, 0.1) is 10.9 Å². The summed E-state index contributed by atoms with van der Waals surface area (Å²) < 4.78 is 13.0. The Morgan fingerprint density at radius 1 is 1.15 bits per heavy atom. The van der Waals surface area contributed by atoms with Crippen molar-refractivity contribution in [3.8, 4) is 5.88 Å². The first-order valence-electron chi connectivity index (χ1n) is 7.90. The number of anilines is 2. The molecule has 2 heterocycles. The first kappa shape index (κ1) is 16.4. The Morgan fingerprint density at radius 3 is 2.62 bits per heavy atom. The summed E-state index contributed by atoms with van der Waals surface area (Å²) in [5, 5.41) is 15.0. The highest BCUT2D eigenvalue weighted by Crippen LogP contribution is 2.35. The van der Waals surface area contributed by atoms with E-state index >= 15 is 0 Å². The van der Waals surface area contributed by atoms with Crippen LogP contribution in [0.5, 0.6) is 5.88 Å². The number of aryl methyl sites for hydroxylation is 2. The Kier molecular flexibility index (Phi) is 3.81. The Morgan fingerprint density at radius 2 is 1.88 bits per heavy atom. The van der Waals surface area contributed by atoms with Crippen LogP contribution in [0.1, 0.15) is 16.0 Å². The van der Waals surface area contributed by atoms with Crippen LogP contribution in [0.3, 0.4) is 0 Å². The number of hydrogen-bond donors (Lipinski definition) is 2. The number of thiazole rings is 1. The van der Waals surface area contributed by atoms with Gasteiger partial charge in [0.25, 0.3) is 5.91 Å². The minimum absolute atomic E-state index is 0.231. The minimum Gasteiger partial charge on any atom is -0.492 e. The number of nitrogens with one attached hydrogen (secondary N) is 1. The predicted molar refractivity (Wildman–Crippen MR) is 97.7 cm³/mol. The van der Waals surface area contributed by atoms with Crippen molar-refractivity contribution < 1.29 is 14.3 Å². The van der Waals surface area contributed by atoms with E-state index in [4.69, 9.17) is 0 Å². The van der Waals surface area contributed by atoms with Gasteiger partial charge in [-0.1, -0.05) is 23.0 Å². The van der Waals surface area contributed by atoms with Crippen LogP contribution in [-0.2, 0) is 4.79 Å². The number of rotatable bonds is 3. The number of halogens is 1. The fourth-order valence-electron chi connectivity index (χ4n) is 2.98. The number of benzene rings is 2. The van der Waals surface area contributed by atoms with E-state index in [2.05, 4.69) is 15.3 Å². The Bertz CT molecular complexity index is 1170. The first-order valence-corrected chi connectivity index (χ1v) is 8.71. The lowest BCUT2D eigenvalue weighted by molar-refractivity contribution is -0.112. The van der Waals surface area contributed by atoms with E-state index in [9.17, 15) is 14.3 Å². The third kappa shape index (κ3) is 2.76. The average Bonchev–Trinajstić information content (AvgIpc) is 3.09. The maximum atomic E-state index is 13.0. The summed E-state index contributed by atoms with van der Waals surface area (Å²) in [4.78, 5) is 21.0. The Balaban J connectivity index is 1.81. The molecule has 130 valence electrons. The zero-order valence-electron chi connectivity index (χ0n) is 14.0. The molecule has 3 aromatic rings. The number of carbonyl (C=O) groups excluding carboxylic acids is 1. The molecular weight excluding hydrogens is 353 g/mol. The molecule has 2 N–H and O–H groups in total. The molecule has 0 aliphatic carbocycles. The summed E-state index contributed by atoms with van der Waals surface area (Å²) >= 11 is 1.15. The maximum absolute atomic E-state index is 13.0. The number of aromatic nitrogens is 1. The van der Waals surface area contributed by atoms with Crippen molar-refractivity contribution >= 4 is 33.6 Å². The highest BCUT2D eigenvalue weighted by atomic mass is 32.1. The largest absolute Gasteiger partial charge is 0.492 e. The Labute approximate surface area is 152 Å². The zero-order chi connectivity index (χ0) is 18.4. The average molecular weight is 367 g/mol. The van der Waals surface area contributed by atoms with Crippen LogP contribution < -0.4 is 15.9 Å². The van der Waals surface area contributed by atoms with Gasteiger partial charge in [0.1, 0.15) is 10.7 Å². The lowest BCUT2D eigenvalue weighted by Gasteiger charge is -2.01. The zero-order valence-corrected chi connectivity index (χ0v) is 14.8. The first-order chi connectivity index (χ1) is 12.4. The molecule has 0 spiro atoms. The highest BCUT2D eigenvalue weighted by Gasteiger charge is 2.25. The number of carbonyl (C=O) groups is 1. The third-order valence-electron chi connectivity index (χ3n) is 4.07. The van der Waals surface area contributed by atoms with E-state index < -0.39 is 0 Å². The second-order valence-corrected chi connectivity index (χ2v) is 7.07. The van der Waals surface area contributed by atoms with Gasteiger partial charge in [-0.3, -0.25) is 4.79 Å². The van der Waals surface area contributed by atoms with Crippen LogP contribution in [0, 0.1) is 19.7 Å². The van der Waals surface area contributed by atoms with Crippen molar-refractivity contribution in [1.29, 1.82) is 0 Å². The molecule has 4 rings (SSSR count). The van der Waals surface area contributed by atoms with Gasteiger partial charge >= 0.3 is 0 Å². The van der Waals surface area contributed by atoms with Crippen LogP contribution in [0.15, 0.2) is 41.4 Å². The van der Waals surface area contributed by atoms with Crippen LogP contribution in [-0.4, -0.2) is 16.0 Å². The number of nitrogens with zero attached hydrogens (tertiary/aromatic N) is 2. The molecule has 26 heavy (non-hydrogen) atoms. The fourth-order valence-corrected chi connectivity index (χ4v) is 3.91. The molecule has 0 atom stereocenters. The molecule has 0 saturated carbocycles. The van der Waals surface area contributed by atoms with E-state index in [-0.39, 0.29) is 17.6 Å². The normalized spacial score (nSPS) is 12.9. The highest BCUT2D eigenvalue weighted by molar-refractivity contribution is 7.17. The SMILES string of the molecule is Cc1cc(C)c2c(c1)=C(c1sc(Nc3ccc(F)cc3)nc1O)C(=O)N=2. The summed E-state index contributed by atoms with van der Waals surface area (Å²) in [6.07, 6.45) is 0. The molecule has 1 amide bonds. The van der Waals surface area contributed by atoms with E-state index in [1.54, 1.807) is 12.1 Å². The molecule has 0 radical (unpaired) electrons. The molecule has 7 heteroatoms. The van der Waals surface area contributed by atoms with Crippen LogP contribution in [0.25, 0.3) is 5.57 Å². The van der Waals surface area contributed by atoms with Crippen molar-refractivity contribution in [1.82, 2.24) is 4.98 Å². The van der Waals surface area contributed by atoms with Crippen LogP contribution in [0.2, 0.25) is 0 Å². The molecule has 5 nitrogen and oxygen atoms in total. The predicted octanol–water partition coefficient (Wildman–Crippen LogP) is 2.71. The third-order valence-corrected chi connectivity index (χ3v) is 5.05. The molecule has 1 aromatic heterocycles. The maximum Gasteiger partial charge on any atom is 0.279 e. The Hall–Kier alpha value is -3.06. The second kappa shape index (κ2) is 6.03. The summed E-state index contributed by atoms with van der Waals surface area (Å²) in [6, 6.07) is 9.64. The van der Waals surface area contributed by atoms with Gasteiger partial charge in [-0.15, -0.1) is 0 Å². The van der Waals surface area contributed by atoms with E-state index in [1.165, 1.54) is 12.1 Å². The monoisotopic (exact) mass is 367 g/mol. The second-order valence-electron chi connectivity index (χ2n) is 6.07. The van der Waals surface area contributed by atoms with Crippen molar-refractivity contribution in [3.63, 3.8) is 0 Å². The molecule has 0 fully saturated rings. The molecule has 0 unspecified atom stereocenters. The summed E-state index contributed by atoms with van der Waals surface area (Å²) in [5.41, 5.74) is 2.91. The topological polar surface area (TPSA) is 74.6 Å².